The Morgan fingerprint density at radius 1 is 1.00 bits per heavy atom. The van der Waals surface area contributed by atoms with E-state index in [9.17, 15) is 9.59 Å². The van der Waals surface area contributed by atoms with Gasteiger partial charge in [-0.05, 0) is 80.5 Å². The number of likely N-dealkylation sites (tertiary alicyclic amines) is 1. The van der Waals surface area contributed by atoms with Gasteiger partial charge in [-0.3, -0.25) is 9.59 Å². The van der Waals surface area contributed by atoms with Crippen LogP contribution in [0.15, 0.2) is 42.5 Å². The van der Waals surface area contributed by atoms with Crippen molar-refractivity contribution in [2.24, 2.45) is 5.92 Å². The van der Waals surface area contributed by atoms with Crippen molar-refractivity contribution in [1.29, 1.82) is 0 Å². The Balaban J connectivity index is 1.49. The summed E-state index contributed by atoms with van der Waals surface area (Å²) in [6.45, 7) is 5.64. The molecule has 2 amide bonds. The monoisotopic (exact) mass is 469 g/mol. The smallest absolute Gasteiger partial charge is 0.262 e. The minimum absolute atomic E-state index is 0.0526. The minimum Gasteiger partial charge on any atom is -0.484 e. The number of halogens is 1. The number of carbonyl (C=O) groups excluding carboxylic acids is 2. The Morgan fingerprint density at radius 2 is 1.70 bits per heavy atom. The molecule has 0 aliphatic carbocycles. The number of benzene rings is 2. The van der Waals surface area contributed by atoms with Gasteiger partial charge in [-0.25, -0.2) is 0 Å². The highest BCUT2D eigenvalue weighted by molar-refractivity contribution is 6.30. The number of ether oxygens (including phenoxy) is 1. The Labute approximate surface area is 200 Å². The molecule has 0 spiro atoms. The lowest BCUT2D eigenvalue weighted by Gasteiger charge is -2.35. The molecule has 2 saturated heterocycles. The molecule has 0 radical (unpaired) electrons. The van der Waals surface area contributed by atoms with Crippen LogP contribution in [-0.4, -0.2) is 49.5 Å². The van der Waals surface area contributed by atoms with E-state index in [1.807, 2.05) is 23.1 Å². The lowest BCUT2D eigenvalue weighted by Crippen LogP contribution is -2.38. The van der Waals surface area contributed by atoms with Crippen LogP contribution in [0.3, 0.4) is 0 Å². The Morgan fingerprint density at radius 3 is 2.39 bits per heavy atom. The zero-order valence-corrected chi connectivity index (χ0v) is 19.9. The van der Waals surface area contributed by atoms with Gasteiger partial charge in [0.2, 0.25) is 0 Å². The zero-order chi connectivity index (χ0) is 23.2. The van der Waals surface area contributed by atoms with Crippen molar-refractivity contribution in [1.82, 2.24) is 4.90 Å². The van der Waals surface area contributed by atoms with Crippen LogP contribution in [0.2, 0.25) is 5.02 Å². The maximum absolute atomic E-state index is 13.5. The summed E-state index contributed by atoms with van der Waals surface area (Å²) in [5.41, 5.74) is 2.24. The number of nitrogens with one attached hydrogen (secondary N) is 1. The summed E-state index contributed by atoms with van der Waals surface area (Å²) in [4.78, 5) is 30.2. The summed E-state index contributed by atoms with van der Waals surface area (Å²) in [5.74, 6) is 1.06. The molecule has 0 atom stereocenters. The second-order valence-electron chi connectivity index (χ2n) is 9.05. The van der Waals surface area contributed by atoms with Gasteiger partial charge in [-0.2, -0.15) is 0 Å². The summed E-state index contributed by atoms with van der Waals surface area (Å²) in [6, 6.07) is 12.5. The SMILES string of the molecule is CC1CCN(c2ccc(NC(=O)COc3ccc(Cl)cc3)cc2C(=O)N2CCCCC2)CC1. The van der Waals surface area contributed by atoms with E-state index in [0.717, 1.165) is 57.5 Å². The molecule has 1 N–H and O–H groups in total. The van der Waals surface area contributed by atoms with Crippen LogP contribution in [0.25, 0.3) is 0 Å². The largest absolute Gasteiger partial charge is 0.484 e. The second kappa shape index (κ2) is 10.9. The van der Waals surface area contributed by atoms with E-state index in [-0.39, 0.29) is 18.4 Å². The van der Waals surface area contributed by atoms with Crippen LogP contribution in [0.1, 0.15) is 49.4 Å². The highest BCUT2D eigenvalue weighted by Crippen LogP contribution is 2.30. The van der Waals surface area contributed by atoms with Crippen LogP contribution in [-0.2, 0) is 4.79 Å². The number of rotatable bonds is 6. The van der Waals surface area contributed by atoms with Crippen molar-refractivity contribution in [3.8, 4) is 5.75 Å². The second-order valence-corrected chi connectivity index (χ2v) is 9.48. The van der Waals surface area contributed by atoms with Crippen molar-refractivity contribution in [3.05, 3.63) is 53.1 Å². The van der Waals surface area contributed by atoms with Gasteiger partial charge in [-0.1, -0.05) is 18.5 Å². The maximum atomic E-state index is 13.5. The molecule has 0 bridgehead atoms. The molecular weight excluding hydrogens is 438 g/mol. The van der Waals surface area contributed by atoms with Crippen molar-refractivity contribution < 1.29 is 14.3 Å². The first kappa shape index (κ1) is 23.4. The van der Waals surface area contributed by atoms with Gasteiger partial charge in [0.25, 0.3) is 11.8 Å². The van der Waals surface area contributed by atoms with E-state index < -0.39 is 0 Å². The third-order valence-electron chi connectivity index (χ3n) is 6.46. The number of hydrogen-bond donors (Lipinski definition) is 1. The molecule has 0 aromatic heterocycles. The Bertz CT molecular complexity index is 965. The quantitative estimate of drug-likeness (QED) is 0.630. The van der Waals surface area contributed by atoms with E-state index in [2.05, 4.69) is 17.1 Å². The molecule has 2 fully saturated rings. The molecule has 7 heteroatoms. The van der Waals surface area contributed by atoms with Crippen LogP contribution in [0.5, 0.6) is 5.75 Å². The van der Waals surface area contributed by atoms with E-state index in [1.54, 1.807) is 24.3 Å². The van der Waals surface area contributed by atoms with Crippen LogP contribution >= 0.6 is 11.6 Å². The van der Waals surface area contributed by atoms with Gasteiger partial charge >= 0.3 is 0 Å². The van der Waals surface area contributed by atoms with E-state index in [0.29, 0.717) is 27.9 Å². The molecule has 2 aromatic carbocycles. The lowest BCUT2D eigenvalue weighted by molar-refractivity contribution is -0.118. The normalized spacial score (nSPS) is 17.0. The molecule has 0 unspecified atom stereocenters. The zero-order valence-electron chi connectivity index (χ0n) is 19.2. The molecule has 33 heavy (non-hydrogen) atoms. The van der Waals surface area contributed by atoms with E-state index in [4.69, 9.17) is 16.3 Å². The number of carbonyl (C=O) groups is 2. The fourth-order valence-electron chi connectivity index (χ4n) is 4.45. The average molecular weight is 470 g/mol. The Kier molecular flexibility index (Phi) is 7.76. The summed E-state index contributed by atoms with van der Waals surface area (Å²) in [6.07, 6.45) is 5.50. The Hall–Kier alpha value is -2.73. The third-order valence-corrected chi connectivity index (χ3v) is 6.71. The molecule has 0 saturated carbocycles. The third kappa shape index (κ3) is 6.20. The van der Waals surface area contributed by atoms with Gasteiger partial charge in [0.1, 0.15) is 5.75 Å². The first-order valence-corrected chi connectivity index (χ1v) is 12.2. The molecule has 2 aliphatic heterocycles. The average Bonchev–Trinajstić information content (AvgIpc) is 2.84. The molecule has 2 heterocycles. The first-order valence-electron chi connectivity index (χ1n) is 11.9. The fraction of sp³-hybridized carbons (Fsp3) is 0.462. The van der Waals surface area contributed by atoms with E-state index >= 15 is 0 Å². The number of piperidine rings is 2. The number of hydrogen-bond acceptors (Lipinski definition) is 4. The van der Waals surface area contributed by atoms with Crippen LogP contribution in [0.4, 0.5) is 11.4 Å². The number of anilines is 2. The van der Waals surface area contributed by atoms with Crippen molar-refractivity contribution in [2.45, 2.75) is 39.0 Å². The predicted octanol–water partition coefficient (Wildman–Crippen LogP) is 5.22. The minimum atomic E-state index is -0.277. The highest BCUT2D eigenvalue weighted by atomic mass is 35.5. The summed E-state index contributed by atoms with van der Waals surface area (Å²) in [7, 11) is 0. The van der Waals surface area contributed by atoms with Crippen LogP contribution < -0.4 is 15.0 Å². The summed E-state index contributed by atoms with van der Waals surface area (Å²) >= 11 is 5.88. The maximum Gasteiger partial charge on any atom is 0.262 e. The van der Waals surface area contributed by atoms with Gasteiger partial charge in [0.05, 0.1) is 5.56 Å². The van der Waals surface area contributed by atoms with E-state index in [1.165, 1.54) is 6.42 Å². The standard InChI is InChI=1S/C26H32ClN3O3/c1-19-11-15-29(16-12-19)24-10-7-21(17-23(24)26(32)30-13-3-2-4-14-30)28-25(31)18-33-22-8-5-20(27)6-9-22/h5-10,17,19H,2-4,11-16,18H2,1H3,(H,28,31). The number of amides is 2. The molecule has 4 rings (SSSR count). The lowest BCUT2D eigenvalue weighted by atomic mass is 9.97. The topological polar surface area (TPSA) is 61.9 Å². The van der Waals surface area contributed by atoms with Gasteiger partial charge in [0, 0.05) is 42.6 Å². The molecular formula is C26H32ClN3O3. The van der Waals surface area contributed by atoms with Gasteiger partial charge in [0.15, 0.2) is 6.61 Å². The summed E-state index contributed by atoms with van der Waals surface area (Å²) in [5, 5.41) is 3.49. The van der Waals surface area contributed by atoms with Crippen molar-refractivity contribution >= 4 is 34.8 Å². The fourth-order valence-corrected chi connectivity index (χ4v) is 4.58. The molecule has 2 aromatic rings. The molecule has 6 nitrogen and oxygen atoms in total. The summed E-state index contributed by atoms with van der Waals surface area (Å²) < 4.78 is 5.54. The molecule has 176 valence electrons. The van der Waals surface area contributed by atoms with Crippen LogP contribution in [0, 0.1) is 5.92 Å². The highest BCUT2D eigenvalue weighted by Gasteiger charge is 2.25. The van der Waals surface area contributed by atoms with Crippen molar-refractivity contribution in [2.75, 3.05) is 43.0 Å². The number of nitrogens with zero attached hydrogens (tertiary/aromatic N) is 2. The van der Waals surface area contributed by atoms with Gasteiger partial charge in [-0.15, -0.1) is 0 Å². The first-order chi connectivity index (χ1) is 16.0. The van der Waals surface area contributed by atoms with Gasteiger partial charge < -0.3 is 19.9 Å². The predicted molar refractivity (Wildman–Crippen MR) is 132 cm³/mol. The molecule has 2 aliphatic rings. The van der Waals surface area contributed by atoms with Crippen molar-refractivity contribution in [3.63, 3.8) is 0 Å².